The fourth-order valence-corrected chi connectivity index (χ4v) is 2.17. The third kappa shape index (κ3) is 1.99. The maximum Gasteiger partial charge on any atom is 0.139 e. The summed E-state index contributed by atoms with van der Waals surface area (Å²) in [7, 11) is 0. The maximum absolute atomic E-state index is 11.6. The number of carbonyl (C=O) groups is 1. The second-order valence-electron chi connectivity index (χ2n) is 4.06. The second-order valence-corrected chi connectivity index (χ2v) is 5.10. The number of rotatable bonds is 4. The highest BCUT2D eigenvalue weighted by atomic mass is 32.1. The lowest BCUT2D eigenvalue weighted by Gasteiger charge is -2.05. The summed E-state index contributed by atoms with van der Waals surface area (Å²) >= 11 is 1.74. The zero-order valence-electron chi connectivity index (χ0n) is 7.88. The van der Waals surface area contributed by atoms with Crippen molar-refractivity contribution in [1.82, 2.24) is 0 Å². The molecule has 0 atom stereocenters. The topological polar surface area (TPSA) is 17.1 Å². The Bertz CT molecular complexity index is 296. The van der Waals surface area contributed by atoms with Gasteiger partial charge in [0.15, 0.2) is 0 Å². The van der Waals surface area contributed by atoms with E-state index >= 15 is 0 Å². The van der Waals surface area contributed by atoms with E-state index in [2.05, 4.69) is 18.4 Å². The molecule has 70 valence electrons. The summed E-state index contributed by atoms with van der Waals surface area (Å²) in [5, 5.41) is 2.07. The number of ketones is 1. The van der Waals surface area contributed by atoms with E-state index < -0.39 is 0 Å². The SMILES string of the molecule is CC1(C(=O)CCc2cccs2)CC1. The predicted molar refractivity (Wildman–Crippen MR) is 55.0 cm³/mol. The number of Topliss-reactive ketones (excluding diaryl/α,β-unsaturated/α-hetero) is 1. The summed E-state index contributed by atoms with van der Waals surface area (Å²) in [6, 6.07) is 4.15. The normalized spacial score (nSPS) is 18.5. The molecule has 1 fully saturated rings. The molecule has 0 unspecified atom stereocenters. The average Bonchev–Trinajstić information content (AvgIpc) is 2.70. The molecule has 0 aliphatic heterocycles. The van der Waals surface area contributed by atoms with Crippen LogP contribution in [-0.2, 0) is 11.2 Å². The van der Waals surface area contributed by atoms with E-state index in [-0.39, 0.29) is 5.41 Å². The largest absolute Gasteiger partial charge is 0.299 e. The molecule has 0 amide bonds. The third-order valence-electron chi connectivity index (χ3n) is 2.85. The Labute approximate surface area is 82.8 Å². The van der Waals surface area contributed by atoms with Crippen molar-refractivity contribution in [1.29, 1.82) is 0 Å². The first-order valence-electron chi connectivity index (χ1n) is 4.76. The Hall–Kier alpha value is -0.630. The van der Waals surface area contributed by atoms with Gasteiger partial charge >= 0.3 is 0 Å². The molecule has 0 saturated heterocycles. The van der Waals surface area contributed by atoms with Crippen LogP contribution in [0.25, 0.3) is 0 Å². The smallest absolute Gasteiger partial charge is 0.139 e. The van der Waals surface area contributed by atoms with Crippen molar-refractivity contribution in [2.24, 2.45) is 5.41 Å². The van der Waals surface area contributed by atoms with Crippen LogP contribution in [0.15, 0.2) is 17.5 Å². The minimum atomic E-state index is 0.0667. The van der Waals surface area contributed by atoms with E-state index in [0.29, 0.717) is 5.78 Å². The van der Waals surface area contributed by atoms with Gasteiger partial charge in [-0.2, -0.15) is 0 Å². The second kappa shape index (κ2) is 3.26. The van der Waals surface area contributed by atoms with E-state index in [0.717, 1.165) is 25.7 Å². The Morgan fingerprint density at radius 1 is 1.62 bits per heavy atom. The Morgan fingerprint density at radius 2 is 2.38 bits per heavy atom. The van der Waals surface area contributed by atoms with Crippen LogP contribution < -0.4 is 0 Å². The summed E-state index contributed by atoms with van der Waals surface area (Å²) in [5.41, 5.74) is 0.0667. The van der Waals surface area contributed by atoms with Crippen LogP contribution in [0.2, 0.25) is 0 Å². The molecule has 1 nitrogen and oxygen atoms in total. The molecule has 1 aromatic rings. The number of hydrogen-bond acceptors (Lipinski definition) is 2. The van der Waals surface area contributed by atoms with Crippen LogP contribution in [0.5, 0.6) is 0 Å². The molecule has 0 aromatic carbocycles. The molecule has 2 heteroatoms. The predicted octanol–water partition coefficient (Wildman–Crippen LogP) is 3.05. The van der Waals surface area contributed by atoms with Crippen molar-refractivity contribution >= 4 is 17.1 Å². The average molecular weight is 194 g/mol. The number of hydrogen-bond donors (Lipinski definition) is 0. The molecular formula is C11H14OS. The van der Waals surface area contributed by atoms with Crippen molar-refractivity contribution in [3.05, 3.63) is 22.4 Å². The van der Waals surface area contributed by atoms with Crippen molar-refractivity contribution in [3.8, 4) is 0 Å². The highest BCUT2D eigenvalue weighted by Crippen LogP contribution is 2.46. The summed E-state index contributed by atoms with van der Waals surface area (Å²) in [6.07, 6.45) is 3.88. The van der Waals surface area contributed by atoms with Crippen LogP contribution in [0.1, 0.15) is 31.1 Å². The molecule has 0 N–H and O–H groups in total. The Kier molecular flexibility index (Phi) is 2.24. The van der Waals surface area contributed by atoms with E-state index in [1.165, 1.54) is 4.88 Å². The fourth-order valence-electron chi connectivity index (χ4n) is 1.46. The molecule has 0 spiro atoms. The minimum Gasteiger partial charge on any atom is -0.299 e. The number of carbonyl (C=O) groups excluding carboxylic acids is 1. The Balaban J connectivity index is 1.83. The van der Waals surface area contributed by atoms with Crippen LogP contribution in [-0.4, -0.2) is 5.78 Å². The molecule has 1 aliphatic rings. The van der Waals surface area contributed by atoms with Gasteiger partial charge < -0.3 is 0 Å². The number of aryl methyl sites for hydroxylation is 1. The third-order valence-corrected chi connectivity index (χ3v) is 3.79. The standard InChI is InChI=1S/C11H14OS/c1-11(6-7-11)10(12)5-4-9-3-2-8-13-9/h2-3,8H,4-7H2,1H3. The van der Waals surface area contributed by atoms with Gasteiger partial charge in [-0.25, -0.2) is 0 Å². The van der Waals surface area contributed by atoms with Gasteiger partial charge in [0, 0.05) is 16.7 Å². The minimum absolute atomic E-state index is 0.0667. The van der Waals surface area contributed by atoms with E-state index in [1.807, 2.05) is 6.07 Å². The van der Waals surface area contributed by atoms with Gasteiger partial charge in [-0.15, -0.1) is 11.3 Å². The molecule has 1 aromatic heterocycles. The van der Waals surface area contributed by atoms with Crippen molar-refractivity contribution < 1.29 is 4.79 Å². The van der Waals surface area contributed by atoms with Gasteiger partial charge in [0.2, 0.25) is 0 Å². The summed E-state index contributed by atoms with van der Waals surface area (Å²) in [5.74, 6) is 0.459. The van der Waals surface area contributed by atoms with Crippen LogP contribution in [0, 0.1) is 5.41 Å². The van der Waals surface area contributed by atoms with Crippen molar-refractivity contribution in [2.75, 3.05) is 0 Å². The monoisotopic (exact) mass is 194 g/mol. The first-order chi connectivity index (χ1) is 6.21. The van der Waals surface area contributed by atoms with E-state index in [9.17, 15) is 4.79 Å². The van der Waals surface area contributed by atoms with Crippen molar-refractivity contribution in [3.63, 3.8) is 0 Å². The fraction of sp³-hybridized carbons (Fsp3) is 0.545. The van der Waals surface area contributed by atoms with E-state index in [4.69, 9.17) is 0 Å². The zero-order valence-corrected chi connectivity index (χ0v) is 8.69. The Morgan fingerprint density at radius 3 is 2.92 bits per heavy atom. The quantitative estimate of drug-likeness (QED) is 0.720. The van der Waals surface area contributed by atoms with Gasteiger partial charge in [0.1, 0.15) is 5.78 Å². The van der Waals surface area contributed by atoms with Gasteiger partial charge in [-0.3, -0.25) is 4.79 Å². The zero-order chi connectivity index (χ0) is 9.31. The lowest BCUT2D eigenvalue weighted by molar-refractivity contribution is -0.123. The lowest BCUT2D eigenvalue weighted by atomic mass is 9.99. The van der Waals surface area contributed by atoms with Gasteiger partial charge in [-0.05, 0) is 30.7 Å². The van der Waals surface area contributed by atoms with Crippen molar-refractivity contribution in [2.45, 2.75) is 32.6 Å². The lowest BCUT2D eigenvalue weighted by Crippen LogP contribution is -2.11. The van der Waals surface area contributed by atoms with Gasteiger partial charge in [0.25, 0.3) is 0 Å². The highest BCUT2D eigenvalue weighted by molar-refractivity contribution is 7.09. The number of thiophene rings is 1. The van der Waals surface area contributed by atoms with Gasteiger partial charge in [0.05, 0.1) is 0 Å². The highest BCUT2D eigenvalue weighted by Gasteiger charge is 2.43. The first-order valence-corrected chi connectivity index (χ1v) is 5.64. The summed E-state index contributed by atoms with van der Waals surface area (Å²) in [6.45, 7) is 2.09. The van der Waals surface area contributed by atoms with Crippen LogP contribution in [0.4, 0.5) is 0 Å². The molecule has 1 aliphatic carbocycles. The van der Waals surface area contributed by atoms with Gasteiger partial charge in [-0.1, -0.05) is 13.0 Å². The molecular weight excluding hydrogens is 180 g/mol. The molecule has 1 heterocycles. The summed E-state index contributed by atoms with van der Waals surface area (Å²) in [4.78, 5) is 13.0. The maximum atomic E-state index is 11.6. The summed E-state index contributed by atoms with van der Waals surface area (Å²) < 4.78 is 0. The molecule has 2 rings (SSSR count). The van der Waals surface area contributed by atoms with E-state index in [1.54, 1.807) is 11.3 Å². The molecule has 13 heavy (non-hydrogen) atoms. The molecule has 1 saturated carbocycles. The van der Waals surface area contributed by atoms with Crippen LogP contribution in [0.3, 0.4) is 0 Å². The van der Waals surface area contributed by atoms with Crippen LogP contribution >= 0.6 is 11.3 Å². The molecule has 0 bridgehead atoms. The first kappa shape index (κ1) is 8.95. The molecule has 0 radical (unpaired) electrons.